The maximum Gasteiger partial charge on any atom is 0.114 e. The third kappa shape index (κ3) is 2.92. The van der Waals surface area contributed by atoms with Gasteiger partial charge in [-0.25, -0.2) is 0 Å². The van der Waals surface area contributed by atoms with Crippen LogP contribution in [0.25, 0.3) is 0 Å². The number of hydrogen-bond donors (Lipinski definition) is 0. The summed E-state index contributed by atoms with van der Waals surface area (Å²) in [4.78, 5) is 0. The summed E-state index contributed by atoms with van der Waals surface area (Å²) >= 11 is 5.75. The molecule has 0 radical (unpaired) electrons. The molecule has 0 saturated carbocycles. The SMILES string of the molecule is C=C/C(Cl)=C(\CCC)OC. The van der Waals surface area contributed by atoms with Crippen molar-refractivity contribution in [3.63, 3.8) is 0 Å². The highest BCUT2D eigenvalue weighted by atomic mass is 35.5. The van der Waals surface area contributed by atoms with Crippen molar-refractivity contribution in [1.82, 2.24) is 0 Å². The van der Waals surface area contributed by atoms with E-state index >= 15 is 0 Å². The van der Waals surface area contributed by atoms with E-state index in [-0.39, 0.29) is 0 Å². The molecule has 0 aromatic carbocycles. The van der Waals surface area contributed by atoms with Crippen LogP contribution in [0.3, 0.4) is 0 Å². The molecule has 0 N–H and O–H groups in total. The summed E-state index contributed by atoms with van der Waals surface area (Å²) in [5, 5.41) is 0.615. The number of allylic oxidation sites excluding steroid dienone is 3. The second-order valence-corrected chi connectivity index (χ2v) is 2.34. The van der Waals surface area contributed by atoms with Crippen LogP contribution in [0.1, 0.15) is 19.8 Å². The van der Waals surface area contributed by atoms with Gasteiger partial charge in [0.15, 0.2) is 0 Å². The molecule has 0 atom stereocenters. The predicted octanol–water partition coefficient (Wildman–Crippen LogP) is 3.07. The maximum absolute atomic E-state index is 5.75. The van der Waals surface area contributed by atoms with Crippen LogP contribution in [0.15, 0.2) is 23.4 Å². The van der Waals surface area contributed by atoms with Gasteiger partial charge >= 0.3 is 0 Å². The number of hydrogen-bond acceptors (Lipinski definition) is 1. The van der Waals surface area contributed by atoms with Crippen molar-refractivity contribution in [3.8, 4) is 0 Å². The van der Waals surface area contributed by atoms with Crippen molar-refractivity contribution in [2.24, 2.45) is 0 Å². The normalized spacial score (nSPS) is 12.3. The van der Waals surface area contributed by atoms with E-state index in [4.69, 9.17) is 16.3 Å². The number of rotatable bonds is 4. The van der Waals surface area contributed by atoms with Crippen molar-refractivity contribution in [2.75, 3.05) is 7.11 Å². The topological polar surface area (TPSA) is 9.23 Å². The third-order valence-corrected chi connectivity index (χ3v) is 1.53. The average Bonchev–Trinajstić information content (AvgIpc) is 1.99. The Balaban J connectivity index is 4.13. The zero-order valence-corrected chi connectivity index (χ0v) is 7.24. The Bertz CT molecular complexity index is 138. The monoisotopic (exact) mass is 160 g/mol. The van der Waals surface area contributed by atoms with Crippen LogP contribution in [-0.2, 0) is 4.74 Å². The second-order valence-electron chi connectivity index (χ2n) is 1.93. The molecule has 0 aliphatic rings. The Morgan fingerprint density at radius 2 is 2.30 bits per heavy atom. The standard InChI is InChI=1S/C8H13ClO/c1-4-6-8(10-3)7(9)5-2/h5H,2,4,6H2,1,3H3/b8-7-. The molecule has 0 fully saturated rings. The van der Waals surface area contributed by atoms with E-state index < -0.39 is 0 Å². The molecule has 0 spiro atoms. The first-order valence-electron chi connectivity index (χ1n) is 3.31. The predicted molar refractivity (Wildman–Crippen MR) is 45.0 cm³/mol. The zero-order valence-electron chi connectivity index (χ0n) is 6.48. The summed E-state index contributed by atoms with van der Waals surface area (Å²) in [5.41, 5.74) is 0. The van der Waals surface area contributed by atoms with Crippen LogP contribution in [0.4, 0.5) is 0 Å². The molecule has 58 valence electrons. The van der Waals surface area contributed by atoms with E-state index in [1.54, 1.807) is 13.2 Å². The molecule has 1 nitrogen and oxygen atoms in total. The van der Waals surface area contributed by atoms with Gasteiger partial charge in [0.2, 0.25) is 0 Å². The van der Waals surface area contributed by atoms with Gasteiger partial charge in [0, 0.05) is 6.42 Å². The van der Waals surface area contributed by atoms with Gasteiger partial charge < -0.3 is 4.74 Å². The molecule has 0 saturated heterocycles. The molecule has 0 aliphatic heterocycles. The summed E-state index contributed by atoms with van der Waals surface area (Å²) in [6.45, 7) is 5.62. The lowest BCUT2D eigenvalue weighted by Gasteiger charge is -2.04. The molecule has 0 unspecified atom stereocenters. The molecular formula is C8H13ClO. The van der Waals surface area contributed by atoms with Crippen molar-refractivity contribution in [3.05, 3.63) is 23.4 Å². The maximum atomic E-state index is 5.75. The van der Waals surface area contributed by atoms with Gasteiger partial charge in [-0.05, 0) is 12.5 Å². The largest absolute Gasteiger partial charge is 0.500 e. The fourth-order valence-corrected chi connectivity index (χ4v) is 0.832. The van der Waals surface area contributed by atoms with Crippen molar-refractivity contribution < 1.29 is 4.74 Å². The van der Waals surface area contributed by atoms with Gasteiger partial charge in [-0.15, -0.1) is 0 Å². The minimum absolute atomic E-state index is 0.615. The van der Waals surface area contributed by atoms with E-state index in [1.165, 1.54) is 0 Å². The number of halogens is 1. The minimum atomic E-state index is 0.615. The van der Waals surface area contributed by atoms with Crippen molar-refractivity contribution in [1.29, 1.82) is 0 Å². The van der Waals surface area contributed by atoms with Crippen LogP contribution in [0.2, 0.25) is 0 Å². The third-order valence-electron chi connectivity index (χ3n) is 1.17. The highest BCUT2D eigenvalue weighted by Crippen LogP contribution is 2.15. The molecule has 2 heteroatoms. The van der Waals surface area contributed by atoms with E-state index in [0.717, 1.165) is 18.6 Å². The Labute approximate surface area is 67.3 Å². The van der Waals surface area contributed by atoms with Gasteiger partial charge in [0.25, 0.3) is 0 Å². The van der Waals surface area contributed by atoms with E-state index in [9.17, 15) is 0 Å². The van der Waals surface area contributed by atoms with Gasteiger partial charge in [0.1, 0.15) is 5.76 Å². The Morgan fingerprint density at radius 1 is 1.70 bits per heavy atom. The van der Waals surface area contributed by atoms with E-state index in [2.05, 4.69) is 13.5 Å². The first kappa shape index (κ1) is 9.57. The van der Waals surface area contributed by atoms with Crippen LogP contribution < -0.4 is 0 Å². The quantitative estimate of drug-likeness (QED) is 0.454. The van der Waals surface area contributed by atoms with Gasteiger partial charge in [-0.2, -0.15) is 0 Å². The molecule has 10 heavy (non-hydrogen) atoms. The van der Waals surface area contributed by atoms with E-state index in [0.29, 0.717) is 5.03 Å². The first-order valence-corrected chi connectivity index (χ1v) is 3.69. The molecule has 0 aromatic rings. The number of ether oxygens (including phenoxy) is 1. The van der Waals surface area contributed by atoms with E-state index in [1.807, 2.05) is 0 Å². The van der Waals surface area contributed by atoms with Gasteiger partial charge in [0.05, 0.1) is 12.1 Å². The fourth-order valence-electron chi connectivity index (χ4n) is 0.660. The van der Waals surface area contributed by atoms with Gasteiger partial charge in [-0.1, -0.05) is 25.1 Å². The fraction of sp³-hybridized carbons (Fsp3) is 0.500. The van der Waals surface area contributed by atoms with Gasteiger partial charge in [-0.3, -0.25) is 0 Å². The second kappa shape index (κ2) is 5.36. The molecule has 0 amide bonds. The van der Waals surface area contributed by atoms with Crippen LogP contribution in [-0.4, -0.2) is 7.11 Å². The zero-order chi connectivity index (χ0) is 7.98. The summed E-state index contributed by atoms with van der Waals surface area (Å²) in [7, 11) is 1.62. The molecule has 0 aromatic heterocycles. The van der Waals surface area contributed by atoms with Crippen LogP contribution in [0.5, 0.6) is 0 Å². The summed E-state index contributed by atoms with van der Waals surface area (Å²) in [6, 6.07) is 0. The van der Waals surface area contributed by atoms with Crippen LogP contribution in [0, 0.1) is 0 Å². The molecule has 0 bridgehead atoms. The molecule has 0 aliphatic carbocycles. The lowest BCUT2D eigenvalue weighted by molar-refractivity contribution is 0.275. The average molecular weight is 161 g/mol. The highest BCUT2D eigenvalue weighted by Gasteiger charge is 1.98. The molecule has 0 heterocycles. The molecule has 0 rings (SSSR count). The molecular weight excluding hydrogens is 148 g/mol. The Hall–Kier alpha value is -0.430. The lowest BCUT2D eigenvalue weighted by atomic mass is 10.3. The highest BCUT2D eigenvalue weighted by molar-refractivity contribution is 6.31. The van der Waals surface area contributed by atoms with Crippen molar-refractivity contribution >= 4 is 11.6 Å². The number of methoxy groups -OCH3 is 1. The first-order chi connectivity index (χ1) is 4.76. The van der Waals surface area contributed by atoms with Crippen LogP contribution >= 0.6 is 11.6 Å². The summed E-state index contributed by atoms with van der Waals surface area (Å²) < 4.78 is 5.02. The summed E-state index contributed by atoms with van der Waals surface area (Å²) in [5.74, 6) is 0.819. The summed E-state index contributed by atoms with van der Waals surface area (Å²) in [6.07, 6.45) is 3.50. The Morgan fingerprint density at radius 3 is 2.60 bits per heavy atom. The smallest absolute Gasteiger partial charge is 0.114 e. The minimum Gasteiger partial charge on any atom is -0.500 e. The Kier molecular flexibility index (Phi) is 5.13. The van der Waals surface area contributed by atoms with Crippen molar-refractivity contribution in [2.45, 2.75) is 19.8 Å². The lowest BCUT2D eigenvalue weighted by Crippen LogP contribution is -1.87.